The number of carboxylic acids is 1. The van der Waals surface area contributed by atoms with Crippen LogP contribution in [-0.4, -0.2) is 16.6 Å². The molecule has 0 saturated heterocycles. The third-order valence-electron chi connectivity index (χ3n) is 3.77. The van der Waals surface area contributed by atoms with Crippen molar-refractivity contribution in [2.45, 2.75) is 44.1 Å². The first kappa shape index (κ1) is 9.00. The standard InChI is InChI=1S/C10H17NO2/c11-10(6-9(12)13)5-7-3-1-2-4-8(7)10/h7-8H,1-6,11H2,(H,12,13)/t7-,8-,10?/m0/s1. The molecule has 0 aromatic carbocycles. The maximum atomic E-state index is 10.6. The van der Waals surface area contributed by atoms with E-state index in [1.807, 2.05) is 0 Å². The molecule has 0 bridgehead atoms. The summed E-state index contributed by atoms with van der Waals surface area (Å²) in [6, 6.07) is 0. The van der Waals surface area contributed by atoms with Crippen LogP contribution in [0.4, 0.5) is 0 Å². The molecule has 3 atom stereocenters. The van der Waals surface area contributed by atoms with Crippen LogP contribution in [-0.2, 0) is 4.79 Å². The van der Waals surface area contributed by atoms with Gasteiger partial charge in [0.2, 0.25) is 0 Å². The molecule has 3 heteroatoms. The van der Waals surface area contributed by atoms with Crippen LogP contribution in [0.2, 0.25) is 0 Å². The van der Waals surface area contributed by atoms with Crippen molar-refractivity contribution in [3.63, 3.8) is 0 Å². The predicted octanol–water partition coefficient (Wildman–Crippen LogP) is 1.37. The van der Waals surface area contributed by atoms with E-state index in [1.165, 1.54) is 19.3 Å². The molecule has 1 unspecified atom stereocenters. The second-order valence-electron chi connectivity index (χ2n) is 4.66. The van der Waals surface area contributed by atoms with Gasteiger partial charge >= 0.3 is 5.97 Å². The molecule has 13 heavy (non-hydrogen) atoms. The largest absolute Gasteiger partial charge is 0.481 e. The minimum absolute atomic E-state index is 0.161. The molecule has 3 nitrogen and oxygen atoms in total. The topological polar surface area (TPSA) is 63.3 Å². The molecular formula is C10H17NO2. The van der Waals surface area contributed by atoms with Crippen molar-refractivity contribution in [3.05, 3.63) is 0 Å². The number of rotatable bonds is 2. The molecule has 74 valence electrons. The van der Waals surface area contributed by atoms with Crippen LogP contribution in [0, 0.1) is 11.8 Å². The summed E-state index contributed by atoms with van der Waals surface area (Å²) in [6.07, 6.45) is 6.06. The third-order valence-corrected chi connectivity index (χ3v) is 3.77. The zero-order valence-electron chi connectivity index (χ0n) is 7.83. The Hall–Kier alpha value is -0.570. The molecule has 0 amide bonds. The minimum atomic E-state index is -0.744. The van der Waals surface area contributed by atoms with Gasteiger partial charge in [0.05, 0.1) is 6.42 Å². The van der Waals surface area contributed by atoms with Crippen LogP contribution in [0.3, 0.4) is 0 Å². The first-order valence-electron chi connectivity index (χ1n) is 5.12. The lowest BCUT2D eigenvalue weighted by Crippen LogP contribution is -2.62. The Morgan fingerprint density at radius 3 is 2.77 bits per heavy atom. The Bertz CT molecular complexity index is 229. The van der Waals surface area contributed by atoms with Crippen LogP contribution < -0.4 is 5.73 Å². The van der Waals surface area contributed by atoms with Gasteiger partial charge in [0, 0.05) is 5.54 Å². The van der Waals surface area contributed by atoms with E-state index in [4.69, 9.17) is 10.8 Å². The van der Waals surface area contributed by atoms with Crippen molar-refractivity contribution in [1.29, 1.82) is 0 Å². The third kappa shape index (κ3) is 1.46. The Balaban J connectivity index is 1.98. The zero-order valence-corrected chi connectivity index (χ0v) is 7.83. The van der Waals surface area contributed by atoms with E-state index in [0.717, 1.165) is 18.8 Å². The molecule has 0 heterocycles. The van der Waals surface area contributed by atoms with Crippen LogP contribution >= 0.6 is 0 Å². The average molecular weight is 183 g/mol. The summed E-state index contributed by atoms with van der Waals surface area (Å²) in [4.78, 5) is 10.6. The van der Waals surface area contributed by atoms with Crippen LogP contribution in [0.5, 0.6) is 0 Å². The number of carbonyl (C=O) groups is 1. The highest BCUT2D eigenvalue weighted by Crippen LogP contribution is 2.51. The highest BCUT2D eigenvalue weighted by molar-refractivity contribution is 5.68. The fraction of sp³-hybridized carbons (Fsp3) is 0.900. The predicted molar refractivity (Wildman–Crippen MR) is 49.2 cm³/mol. The van der Waals surface area contributed by atoms with Crippen molar-refractivity contribution in [2.75, 3.05) is 0 Å². The maximum Gasteiger partial charge on any atom is 0.305 e. The lowest BCUT2D eigenvalue weighted by Gasteiger charge is -2.55. The van der Waals surface area contributed by atoms with Gasteiger partial charge in [-0.2, -0.15) is 0 Å². The highest BCUT2D eigenvalue weighted by atomic mass is 16.4. The fourth-order valence-corrected chi connectivity index (χ4v) is 3.17. The number of hydrogen-bond donors (Lipinski definition) is 2. The van der Waals surface area contributed by atoms with Gasteiger partial charge in [-0.3, -0.25) is 4.79 Å². The number of aliphatic carboxylic acids is 1. The molecule has 0 spiro atoms. The molecule has 2 fully saturated rings. The highest BCUT2D eigenvalue weighted by Gasteiger charge is 2.52. The van der Waals surface area contributed by atoms with Gasteiger partial charge in [0.15, 0.2) is 0 Å². The van der Waals surface area contributed by atoms with E-state index in [2.05, 4.69) is 0 Å². The summed E-state index contributed by atoms with van der Waals surface area (Å²) in [5.41, 5.74) is 5.71. The molecule has 2 rings (SSSR count). The van der Waals surface area contributed by atoms with Crippen molar-refractivity contribution < 1.29 is 9.90 Å². The first-order valence-corrected chi connectivity index (χ1v) is 5.12. The lowest BCUT2D eigenvalue weighted by molar-refractivity contribution is -0.142. The second-order valence-corrected chi connectivity index (χ2v) is 4.66. The molecule has 2 saturated carbocycles. The normalized spacial score (nSPS) is 43.5. The van der Waals surface area contributed by atoms with Crippen molar-refractivity contribution in [2.24, 2.45) is 17.6 Å². The molecule has 2 aliphatic rings. The summed E-state index contributed by atoms with van der Waals surface area (Å²) in [7, 11) is 0. The molecule has 0 aromatic rings. The smallest absolute Gasteiger partial charge is 0.305 e. The first-order chi connectivity index (χ1) is 6.12. The van der Waals surface area contributed by atoms with Gasteiger partial charge < -0.3 is 10.8 Å². The number of hydrogen-bond acceptors (Lipinski definition) is 2. The lowest BCUT2D eigenvalue weighted by atomic mass is 9.53. The zero-order chi connectivity index (χ0) is 9.47. The van der Waals surface area contributed by atoms with E-state index in [-0.39, 0.29) is 12.0 Å². The van der Waals surface area contributed by atoms with E-state index in [9.17, 15) is 4.79 Å². The van der Waals surface area contributed by atoms with Gasteiger partial charge in [-0.25, -0.2) is 0 Å². The van der Waals surface area contributed by atoms with Gasteiger partial charge in [-0.15, -0.1) is 0 Å². The summed E-state index contributed by atoms with van der Waals surface area (Å²) in [5, 5.41) is 8.72. The van der Waals surface area contributed by atoms with Crippen molar-refractivity contribution >= 4 is 5.97 Å². The van der Waals surface area contributed by atoms with Crippen molar-refractivity contribution in [3.8, 4) is 0 Å². The van der Waals surface area contributed by atoms with E-state index < -0.39 is 5.97 Å². The molecule has 3 N–H and O–H groups in total. The number of nitrogens with two attached hydrogens (primary N) is 1. The summed E-state index contributed by atoms with van der Waals surface area (Å²) in [6.45, 7) is 0. The molecule has 0 aliphatic heterocycles. The SMILES string of the molecule is NC1(CC(=O)O)C[C@@H]2CCCC[C@@H]21. The summed E-state index contributed by atoms with van der Waals surface area (Å²) >= 11 is 0. The van der Waals surface area contributed by atoms with Gasteiger partial charge in [0.25, 0.3) is 0 Å². The van der Waals surface area contributed by atoms with Crippen LogP contribution in [0.25, 0.3) is 0 Å². The Morgan fingerprint density at radius 1 is 1.46 bits per heavy atom. The van der Waals surface area contributed by atoms with Crippen LogP contribution in [0.1, 0.15) is 38.5 Å². The Morgan fingerprint density at radius 2 is 2.15 bits per heavy atom. The average Bonchev–Trinajstić information content (AvgIpc) is 2.02. The van der Waals surface area contributed by atoms with E-state index in [1.54, 1.807) is 0 Å². The van der Waals surface area contributed by atoms with Crippen LogP contribution in [0.15, 0.2) is 0 Å². The number of fused-ring (bicyclic) bond motifs is 1. The Labute approximate surface area is 78.3 Å². The quantitative estimate of drug-likeness (QED) is 0.679. The molecule has 0 aromatic heterocycles. The van der Waals surface area contributed by atoms with Crippen molar-refractivity contribution in [1.82, 2.24) is 0 Å². The minimum Gasteiger partial charge on any atom is -0.481 e. The Kier molecular flexibility index (Phi) is 2.06. The van der Waals surface area contributed by atoms with E-state index >= 15 is 0 Å². The summed E-state index contributed by atoms with van der Waals surface area (Å²) in [5.74, 6) is 0.488. The molecule has 0 radical (unpaired) electrons. The monoisotopic (exact) mass is 183 g/mol. The number of carboxylic acid groups (broad SMARTS) is 1. The second kappa shape index (κ2) is 2.98. The van der Waals surface area contributed by atoms with E-state index in [0.29, 0.717) is 5.92 Å². The maximum absolute atomic E-state index is 10.6. The van der Waals surface area contributed by atoms with Gasteiger partial charge in [-0.1, -0.05) is 19.3 Å². The fourth-order valence-electron chi connectivity index (χ4n) is 3.17. The van der Waals surface area contributed by atoms with Gasteiger partial charge in [-0.05, 0) is 24.7 Å². The van der Waals surface area contributed by atoms with Gasteiger partial charge in [0.1, 0.15) is 0 Å². The summed E-state index contributed by atoms with van der Waals surface area (Å²) < 4.78 is 0. The molecular weight excluding hydrogens is 166 g/mol. The molecule has 2 aliphatic carbocycles.